The van der Waals surface area contributed by atoms with Crippen LogP contribution in [0.4, 0.5) is 4.39 Å². The number of morpholine rings is 1. The fraction of sp³-hybridized carbons (Fsp3) is 0.316. The van der Waals surface area contributed by atoms with Gasteiger partial charge in [0.25, 0.3) is 10.0 Å². The molecule has 1 aliphatic heterocycles. The highest BCUT2D eigenvalue weighted by Crippen LogP contribution is 2.25. The number of nitrogens with zero attached hydrogens (tertiary/aromatic N) is 1. The van der Waals surface area contributed by atoms with Crippen molar-refractivity contribution in [3.05, 3.63) is 58.7 Å². The summed E-state index contributed by atoms with van der Waals surface area (Å²) in [6.07, 6.45) is 1.40. The molecule has 150 valence electrons. The quantitative estimate of drug-likeness (QED) is 0.724. The summed E-state index contributed by atoms with van der Waals surface area (Å²) in [6, 6.07) is 9.27. The number of amides is 1. The van der Waals surface area contributed by atoms with Crippen molar-refractivity contribution in [1.29, 1.82) is 0 Å². The molecule has 1 saturated heterocycles. The monoisotopic (exact) mass is 424 g/mol. The Morgan fingerprint density at radius 1 is 1.29 bits per heavy atom. The topological polar surface area (TPSA) is 75.7 Å². The van der Waals surface area contributed by atoms with Gasteiger partial charge >= 0.3 is 0 Å². The first-order chi connectivity index (χ1) is 13.4. The first kappa shape index (κ1) is 20.7. The second kappa shape index (κ2) is 8.95. The number of benzene rings is 1. The molecule has 0 spiro atoms. The predicted octanol–water partition coefficient (Wildman–Crippen LogP) is 2.63. The van der Waals surface area contributed by atoms with Gasteiger partial charge in [-0.15, -0.1) is 11.3 Å². The Morgan fingerprint density at radius 3 is 2.75 bits per heavy atom. The fourth-order valence-electron chi connectivity index (χ4n) is 2.75. The van der Waals surface area contributed by atoms with Gasteiger partial charge in [0.15, 0.2) is 0 Å². The molecule has 0 bridgehead atoms. The Labute approximate surface area is 167 Å². The number of sulfonamides is 1. The molecule has 28 heavy (non-hydrogen) atoms. The average molecular weight is 425 g/mol. The lowest BCUT2D eigenvalue weighted by Gasteiger charge is -2.25. The number of hydrogen-bond donors (Lipinski definition) is 1. The van der Waals surface area contributed by atoms with Crippen LogP contribution in [-0.4, -0.2) is 44.9 Å². The van der Waals surface area contributed by atoms with Crippen LogP contribution in [0.25, 0.3) is 5.57 Å². The van der Waals surface area contributed by atoms with Crippen molar-refractivity contribution in [2.45, 2.75) is 17.7 Å². The van der Waals surface area contributed by atoms with Gasteiger partial charge in [0, 0.05) is 24.0 Å². The Balaban J connectivity index is 1.61. The molecule has 2 aromatic rings. The lowest BCUT2D eigenvalue weighted by atomic mass is 10.1. The maximum absolute atomic E-state index is 13.3. The standard InChI is InChI=1S/C19H21FN2O4S2/c1-14(15-3-2-4-16(20)12-15)11-18(23)21-13-17-5-6-19(27-17)28(24,25)22-7-9-26-10-8-22/h2-6,11-12H,7-10,13H2,1H3,(H,21,23)/b14-11-. The van der Waals surface area contributed by atoms with Gasteiger partial charge in [-0.3, -0.25) is 4.79 Å². The highest BCUT2D eigenvalue weighted by atomic mass is 32.2. The molecule has 3 rings (SSSR count). The van der Waals surface area contributed by atoms with Crippen molar-refractivity contribution in [2.24, 2.45) is 0 Å². The number of rotatable bonds is 6. The van der Waals surface area contributed by atoms with Gasteiger partial charge in [-0.1, -0.05) is 12.1 Å². The van der Waals surface area contributed by atoms with E-state index < -0.39 is 10.0 Å². The number of nitrogens with one attached hydrogen (secondary N) is 1. The van der Waals surface area contributed by atoms with Crippen molar-refractivity contribution in [3.8, 4) is 0 Å². The van der Waals surface area contributed by atoms with E-state index in [-0.39, 0.29) is 22.5 Å². The highest BCUT2D eigenvalue weighted by Gasteiger charge is 2.27. The summed E-state index contributed by atoms with van der Waals surface area (Å²) in [5.41, 5.74) is 1.27. The molecule has 6 nitrogen and oxygen atoms in total. The van der Waals surface area contributed by atoms with Crippen LogP contribution in [0, 0.1) is 5.82 Å². The summed E-state index contributed by atoms with van der Waals surface area (Å²) >= 11 is 1.14. The zero-order chi connectivity index (χ0) is 20.1. The normalized spacial score (nSPS) is 16.1. The van der Waals surface area contributed by atoms with E-state index in [9.17, 15) is 17.6 Å². The molecular weight excluding hydrogens is 403 g/mol. The molecule has 1 aromatic carbocycles. The molecule has 1 aromatic heterocycles. The van der Waals surface area contributed by atoms with Gasteiger partial charge in [-0.05, 0) is 42.3 Å². The maximum Gasteiger partial charge on any atom is 0.252 e. The van der Waals surface area contributed by atoms with E-state index in [0.29, 0.717) is 37.4 Å². The summed E-state index contributed by atoms with van der Waals surface area (Å²) in [5.74, 6) is -0.689. The summed E-state index contributed by atoms with van der Waals surface area (Å²) < 4.78 is 45.4. The van der Waals surface area contributed by atoms with Gasteiger partial charge in [0.05, 0.1) is 19.8 Å². The first-order valence-corrected chi connectivity index (χ1v) is 11.0. The molecule has 1 aliphatic rings. The smallest absolute Gasteiger partial charge is 0.252 e. The highest BCUT2D eigenvalue weighted by molar-refractivity contribution is 7.91. The van der Waals surface area contributed by atoms with Crippen molar-refractivity contribution >= 4 is 32.8 Å². The van der Waals surface area contributed by atoms with E-state index in [1.807, 2.05) is 0 Å². The van der Waals surface area contributed by atoms with E-state index in [1.165, 1.54) is 22.5 Å². The largest absolute Gasteiger partial charge is 0.379 e. The number of ether oxygens (including phenoxy) is 1. The van der Waals surface area contributed by atoms with Crippen LogP contribution in [0.15, 0.2) is 46.7 Å². The summed E-state index contributed by atoms with van der Waals surface area (Å²) in [7, 11) is -3.53. The minimum atomic E-state index is -3.53. The second-order valence-corrected chi connectivity index (χ2v) is 9.63. The van der Waals surface area contributed by atoms with Crippen molar-refractivity contribution in [2.75, 3.05) is 26.3 Å². The lowest BCUT2D eigenvalue weighted by Crippen LogP contribution is -2.40. The van der Waals surface area contributed by atoms with Crippen molar-refractivity contribution < 1.29 is 22.3 Å². The fourth-order valence-corrected chi connectivity index (χ4v) is 5.60. The molecule has 2 heterocycles. The van der Waals surface area contributed by atoms with Gasteiger partial charge < -0.3 is 10.1 Å². The van der Waals surface area contributed by atoms with Crippen LogP contribution >= 0.6 is 11.3 Å². The molecule has 1 fully saturated rings. The Kier molecular flexibility index (Phi) is 6.61. The number of allylic oxidation sites excluding steroid dienone is 1. The summed E-state index contributed by atoms with van der Waals surface area (Å²) in [6.45, 7) is 3.42. The van der Waals surface area contributed by atoms with E-state index in [1.54, 1.807) is 31.2 Å². The molecule has 0 unspecified atom stereocenters. The summed E-state index contributed by atoms with van der Waals surface area (Å²) in [4.78, 5) is 12.9. The van der Waals surface area contributed by atoms with Gasteiger partial charge in [-0.2, -0.15) is 4.31 Å². The molecular formula is C19H21FN2O4S2. The zero-order valence-corrected chi connectivity index (χ0v) is 17.0. The van der Waals surface area contributed by atoms with Crippen molar-refractivity contribution in [1.82, 2.24) is 9.62 Å². The Morgan fingerprint density at radius 2 is 2.04 bits per heavy atom. The second-order valence-electron chi connectivity index (χ2n) is 6.29. The van der Waals surface area contributed by atoms with E-state index in [4.69, 9.17) is 4.74 Å². The number of carbonyl (C=O) groups is 1. The van der Waals surface area contributed by atoms with Crippen molar-refractivity contribution in [3.63, 3.8) is 0 Å². The van der Waals surface area contributed by atoms with Gasteiger partial charge in [0.1, 0.15) is 10.0 Å². The van der Waals surface area contributed by atoms with Crippen LogP contribution < -0.4 is 5.32 Å². The SMILES string of the molecule is C/C(=C/C(=O)NCc1ccc(S(=O)(=O)N2CCOCC2)s1)c1cccc(F)c1. The average Bonchev–Trinajstić information content (AvgIpc) is 3.17. The third-order valence-electron chi connectivity index (χ3n) is 4.27. The summed E-state index contributed by atoms with van der Waals surface area (Å²) in [5, 5.41) is 2.73. The predicted molar refractivity (Wildman–Crippen MR) is 106 cm³/mol. The van der Waals surface area contributed by atoms with E-state index in [0.717, 1.165) is 16.2 Å². The van der Waals surface area contributed by atoms with Crippen LogP contribution in [0.3, 0.4) is 0 Å². The Bertz CT molecular complexity index is 979. The van der Waals surface area contributed by atoms with E-state index >= 15 is 0 Å². The minimum Gasteiger partial charge on any atom is -0.379 e. The molecule has 9 heteroatoms. The molecule has 0 atom stereocenters. The maximum atomic E-state index is 13.3. The molecule has 0 saturated carbocycles. The van der Waals surface area contributed by atoms with E-state index in [2.05, 4.69) is 5.32 Å². The molecule has 1 amide bonds. The number of carbonyl (C=O) groups excluding carboxylic acids is 1. The Hall–Kier alpha value is -2.07. The number of thiophene rings is 1. The van der Waals surface area contributed by atoms with Crippen LogP contribution in [-0.2, 0) is 26.1 Å². The van der Waals surface area contributed by atoms with Crippen LogP contribution in [0.5, 0.6) is 0 Å². The van der Waals surface area contributed by atoms with Crippen LogP contribution in [0.1, 0.15) is 17.4 Å². The van der Waals surface area contributed by atoms with Gasteiger partial charge in [-0.25, -0.2) is 12.8 Å². The van der Waals surface area contributed by atoms with Crippen LogP contribution in [0.2, 0.25) is 0 Å². The lowest BCUT2D eigenvalue weighted by molar-refractivity contribution is -0.116. The zero-order valence-electron chi connectivity index (χ0n) is 15.4. The van der Waals surface area contributed by atoms with Gasteiger partial charge in [0.2, 0.25) is 5.91 Å². The third-order valence-corrected chi connectivity index (χ3v) is 7.72. The minimum absolute atomic E-state index is 0.217. The molecule has 1 N–H and O–H groups in total. The third kappa shape index (κ3) is 5.05. The number of hydrogen-bond acceptors (Lipinski definition) is 5. The first-order valence-electron chi connectivity index (χ1n) is 8.75. The molecule has 0 aliphatic carbocycles. The molecule has 0 radical (unpaired) electrons. The number of halogens is 1.